The van der Waals surface area contributed by atoms with E-state index in [0.29, 0.717) is 5.56 Å². The standard InChI is InChI=1S/C14H19FN2O3/c1-8-4-5-11(15)6-12(8)17-14(20)13(19)16-10(3)9(2)7-18/h4-6,9-10,18H,7H2,1-3H3,(H,16,19)(H,17,20). The minimum atomic E-state index is -0.865. The third kappa shape index (κ3) is 4.31. The molecule has 0 spiro atoms. The van der Waals surface area contributed by atoms with E-state index in [-0.39, 0.29) is 24.3 Å². The van der Waals surface area contributed by atoms with Gasteiger partial charge in [-0.05, 0) is 37.5 Å². The number of hydrogen-bond donors (Lipinski definition) is 3. The molecule has 0 aliphatic rings. The van der Waals surface area contributed by atoms with Gasteiger partial charge in [-0.25, -0.2) is 4.39 Å². The Morgan fingerprint density at radius 1 is 1.30 bits per heavy atom. The van der Waals surface area contributed by atoms with Crippen LogP contribution in [0.4, 0.5) is 10.1 Å². The van der Waals surface area contributed by atoms with E-state index in [1.165, 1.54) is 12.1 Å². The van der Waals surface area contributed by atoms with Gasteiger partial charge in [0.15, 0.2) is 0 Å². The number of aliphatic hydroxyl groups excluding tert-OH is 1. The first-order valence-electron chi connectivity index (χ1n) is 6.34. The second kappa shape index (κ2) is 7.00. The van der Waals surface area contributed by atoms with Crippen molar-refractivity contribution in [1.82, 2.24) is 5.32 Å². The maximum Gasteiger partial charge on any atom is 0.313 e. The predicted molar refractivity (Wildman–Crippen MR) is 73.6 cm³/mol. The quantitative estimate of drug-likeness (QED) is 0.726. The Hall–Kier alpha value is -1.95. The highest BCUT2D eigenvalue weighted by atomic mass is 19.1. The lowest BCUT2D eigenvalue weighted by Crippen LogP contribution is -2.44. The molecule has 2 amide bonds. The highest BCUT2D eigenvalue weighted by molar-refractivity contribution is 6.39. The second-order valence-electron chi connectivity index (χ2n) is 4.84. The zero-order valence-electron chi connectivity index (χ0n) is 11.7. The van der Waals surface area contributed by atoms with E-state index in [1.807, 2.05) is 0 Å². The van der Waals surface area contributed by atoms with Crippen molar-refractivity contribution in [2.75, 3.05) is 11.9 Å². The van der Waals surface area contributed by atoms with Crippen LogP contribution in [0.1, 0.15) is 19.4 Å². The Labute approximate surface area is 117 Å². The Kier molecular flexibility index (Phi) is 5.64. The van der Waals surface area contributed by atoms with Gasteiger partial charge < -0.3 is 15.7 Å². The van der Waals surface area contributed by atoms with Gasteiger partial charge in [0.2, 0.25) is 0 Å². The van der Waals surface area contributed by atoms with Gasteiger partial charge in [0.05, 0.1) is 0 Å². The highest BCUT2D eigenvalue weighted by Gasteiger charge is 2.20. The zero-order valence-corrected chi connectivity index (χ0v) is 11.7. The number of carbonyl (C=O) groups is 2. The summed E-state index contributed by atoms with van der Waals surface area (Å²) in [6.07, 6.45) is 0. The molecule has 0 fully saturated rings. The molecule has 20 heavy (non-hydrogen) atoms. The molecule has 1 aromatic rings. The SMILES string of the molecule is Cc1ccc(F)cc1NC(=O)C(=O)NC(C)C(C)CO. The summed E-state index contributed by atoms with van der Waals surface area (Å²) in [5, 5.41) is 13.8. The molecular formula is C14H19FN2O3. The third-order valence-electron chi connectivity index (χ3n) is 3.15. The first-order chi connectivity index (χ1) is 9.35. The largest absolute Gasteiger partial charge is 0.396 e. The molecule has 0 bridgehead atoms. The van der Waals surface area contributed by atoms with Crippen LogP contribution in [0.3, 0.4) is 0 Å². The first kappa shape index (κ1) is 16.1. The van der Waals surface area contributed by atoms with Crippen molar-refractivity contribution < 1.29 is 19.1 Å². The number of hydrogen-bond acceptors (Lipinski definition) is 3. The number of halogens is 1. The molecule has 6 heteroatoms. The molecular weight excluding hydrogens is 263 g/mol. The van der Waals surface area contributed by atoms with Crippen LogP contribution in [0, 0.1) is 18.7 Å². The summed E-state index contributed by atoms with van der Waals surface area (Å²) >= 11 is 0. The van der Waals surface area contributed by atoms with Crippen molar-refractivity contribution in [2.45, 2.75) is 26.8 Å². The van der Waals surface area contributed by atoms with Gasteiger partial charge >= 0.3 is 11.8 Å². The number of amides is 2. The van der Waals surface area contributed by atoms with Crippen molar-refractivity contribution in [2.24, 2.45) is 5.92 Å². The number of nitrogens with one attached hydrogen (secondary N) is 2. The molecule has 0 aliphatic heterocycles. The summed E-state index contributed by atoms with van der Waals surface area (Å²) in [7, 11) is 0. The normalized spacial score (nSPS) is 13.4. The molecule has 0 saturated carbocycles. The van der Waals surface area contributed by atoms with Gasteiger partial charge in [-0.1, -0.05) is 13.0 Å². The predicted octanol–water partition coefficient (Wildman–Crippen LogP) is 1.21. The van der Waals surface area contributed by atoms with E-state index in [4.69, 9.17) is 5.11 Å². The van der Waals surface area contributed by atoms with Crippen molar-refractivity contribution in [3.63, 3.8) is 0 Å². The van der Waals surface area contributed by atoms with Crippen molar-refractivity contribution in [3.05, 3.63) is 29.6 Å². The first-order valence-corrected chi connectivity index (χ1v) is 6.34. The second-order valence-corrected chi connectivity index (χ2v) is 4.84. The number of aliphatic hydroxyl groups is 1. The van der Waals surface area contributed by atoms with Crippen LogP contribution in [-0.2, 0) is 9.59 Å². The van der Waals surface area contributed by atoms with Crippen LogP contribution in [-0.4, -0.2) is 29.6 Å². The molecule has 5 nitrogen and oxygen atoms in total. The maximum absolute atomic E-state index is 13.1. The highest BCUT2D eigenvalue weighted by Crippen LogP contribution is 2.15. The van der Waals surface area contributed by atoms with Crippen LogP contribution in [0.25, 0.3) is 0 Å². The Bertz CT molecular complexity index is 505. The fourth-order valence-electron chi connectivity index (χ4n) is 1.48. The molecule has 1 rings (SSSR count). The lowest BCUT2D eigenvalue weighted by molar-refractivity contribution is -0.136. The van der Waals surface area contributed by atoms with E-state index in [9.17, 15) is 14.0 Å². The zero-order chi connectivity index (χ0) is 15.3. The van der Waals surface area contributed by atoms with Crippen molar-refractivity contribution >= 4 is 17.5 Å². The molecule has 0 aromatic heterocycles. The minimum Gasteiger partial charge on any atom is -0.396 e. The van der Waals surface area contributed by atoms with Gasteiger partial charge in [-0.3, -0.25) is 9.59 Å². The number of rotatable bonds is 4. The Morgan fingerprint density at radius 3 is 2.55 bits per heavy atom. The maximum atomic E-state index is 13.1. The Morgan fingerprint density at radius 2 is 1.95 bits per heavy atom. The molecule has 0 heterocycles. The molecule has 0 saturated heterocycles. The average molecular weight is 282 g/mol. The number of carbonyl (C=O) groups excluding carboxylic acids is 2. The summed E-state index contributed by atoms with van der Waals surface area (Å²) in [6.45, 7) is 5.05. The fraction of sp³-hybridized carbons (Fsp3) is 0.429. The van der Waals surface area contributed by atoms with E-state index >= 15 is 0 Å². The van der Waals surface area contributed by atoms with Crippen LogP contribution in [0.15, 0.2) is 18.2 Å². The van der Waals surface area contributed by atoms with Gasteiger partial charge in [0.25, 0.3) is 0 Å². The van der Waals surface area contributed by atoms with Crippen LogP contribution >= 0.6 is 0 Å². The molecule has 110 valence electrons. The van der Waals surface area contributed by atoms with Crippen molar-refractivity contribution in [1.29, 1.82) is 0 Å². The van der Waals surface area contributed by atoms with Gasteiger partial charge in [0, 0.05) is 18.3 Å². The smallest absolute Gasteiger partial charge is 0.313 e. The summed E-state index contributed by atoms with van der Waals surface area (Å²) in [5.74, 6) is -2.34. The van der Waals surface area contributed by atoms with Crippen molar-refractivity contribution in [3.8, 4) is 0 Å². The van der Waals surface area contributed by atoms with E-state index in [0.717, 1.165) is 6.07 Å². The van der Waals surface area contributed by atoms with E-state index in [2.05, 4.69) is 10.6 Å². The van der Waals surface area contributed by atoms with Gasteiger partial charge in [0.1, 0.15) is 5.82 Å². The lowest BCUT2D eigenvalue weighted by atomic mass is 10.1. The molecule has 0 radical (unpaired) electrons. The van der Waals surface area contributed by atoms with E-state index < -0.39 is 17.6 Å². The lowest BCUT2D eigenvalue weighted by Gasteiger charge is -2.19. The summed E-state index contributed by atoms with van der Waals surface area (Å²) in [6, 6.07) is 3.60. The Balaban J connectivity index is 2.66. The van der Waals surface area contributed by atoms with Gasteiger partial charge in [-0.15, -0.1) is 0 Å². The van der Waals surface area contributed by atoms with Crippen LogP contribution in [0.5, 0.6) is 0 Å². The molecule has 0 aliphatic carbocycles. The molecule has 2 atom stereocenters. The average Bonchev–Trinajstić information content (AvgIpc) is 2.41. The van der Waals surface area contributed by atoms with Crippen LogP contribution < -0.4 is 10.6 Å². The third-order valence-corrected chi connectivity index (χ3v) is 3.15. The number of anilines is 1. The van der Waals surface area contributed by atoms with Gasteiger partial charge in [-0.2, -0.15) is 0 Å². The number of benzene rings is 1. The molecule has 3 N–H and O–H groups in total. The summed E-state index contributed by atoms with van der Waals surface area (Å²) in [5.41, 5.74) is 0.914. The molecule has 1 aromatic carbocycles. The van der Waals surface area contributed by atoms with E-state index in [1.54, 1.807) is 20.8 Å². The summed E-state index contributed by atoms with van der Waals surface area (Å²) in [4.78, 5) is 23.4. The molecule has 2 unspecified atom stereocenters. The summed E-state index contributed by atoms with van der Waals surface area (Å²) < 4.78 is 13.1. The van der Waals surface area contributed by atoms with Crippen LogP contribution in [0.2, 0.25) is 0 Å². The fourth-order valence-corrected chi connectivity index (χ4v) is 1.48. The monoisotopic (exact) mass is 282 g/mol. The topological polar surface area (TPSA) is 78.4 Å². The number of aryl methyl sites for hydroxylation is 1. The minimum absolute atomic E-state index is 0.0912.